The third-order valence-corrected chi connectivity index (χ3v) is 5.42. The van der Waals surface area contributed by atoms with Gasteiger partial charge in [-0.1, -0.05) is 30.3 Å². The minimum absolute atomic E-state index is 0.0221. The van der Waals surface area contributed by atoms with Crippen molar-refractivity contribution in [2.45, 2.75) is 19.4 Å². The SMILES string of the molecule is COc1cc2c(cc1OC)CN(C(=NCC(=O)N(C)C)NCCc1ccccc1)CC2. The van der Waals surface area contributed by atoms with Crippen LogP contribution in [0, 0.1) is 0 Å². The second-order valence-corrected chi connectivity index (χ2v) is 7.74. The molecular weight excluding hydrogens is 392 g/mol. The molecule has 0 unspecified atom stereocenters. The van der Waals surface area contributed by atoms with Gasteiger partial charge in [0.05, 0.1) is 14.2 Å². The highest BCUT2D eigenvalue weighted by Gasteiger charge is 2.22. The minimum atomic E-state index is -0.0221. The van der Waals surface area contributed by atoms with E-state index in [0.29, 0.717) is 6.54 Å². The molecule has 1 aliphatic heterocycles. The number of fused-ring (bicyclic) bond motifs is 1. The summed E-state index contributed by atoms with van der Waals surface area (Å²) in [7, 11) is 6.80. The van der Waals surface area contributed by atoms with Gasteiger partial charge in [-0.3, -0.25) is 4.79 Å². The lowest BCUT2D eigenvalue weighted by Gasteiger charge is -2.32. The fourth-order valence-corrected chi connectivity index (χ4v) is 3.58. The average Bonchev–Trinajstić information content (AvgIpc) is 2.80. The highest BCUT2D eigenvalue weighted by molar-refractivity contribution is 5.85. The Kier molecular flexibility index (Phi) is 7.76. The van der Waals surface area contributed by atoms with Crippen molar-refractivity contribution in [1.82, 2.24) is 15.1 Å². The number of carbonyl (C=O) groups is 1. The number of aliphatic imine (C=N–C) groups is 1. The molecule has 0 aromatic heterocycles. The quantitative estimate of drug-likeness (QED) is 0.546. The number of carbonyl (C=O) groups excluding carboxylic acids is 1. The molecule has 0 saturated carbocycles. The highest BCUT2D eigenvalue weighted by Crippen LogP contribution is 2.33. The van der Waals surface area contributed by atoms with Gasteiger partial charge in [-0.2, -0.15) is 0 Å². The molecule has 166 valence electrons. The average molecular weight is 425 g/mol. The fraction of sp³-hybridized carbons (Fsp3) is 0.417. The summed E-state index contributed by atoms with van der Waals surface area (Å²) in [6.07, 6.45) is 1.76. The number of likely N-dealkylation sites (N-methyl/N-ethyl adjacent to an activating group) is 1. The molecule has 0 aliphatic carbocycles. The Morgan fingerprint density at radius 1 is 1.10 bits per heavy atom. The number of amides is 1. The van der Waals surface area contributed by atoms with Crippen molar-refractivity contribution in [3.63, 3.8) is 0 Å². The molecule has 0 saturated heterocycles. The molecule has 1 N–H and O–H groups in total. The van der Waals surface area contributed by atoms with Gasteiger partial charge >= 0.3 is 0 Å². The number of nitrogens with one attached hydrogen (secondary N) is 1. The van der Waals surface area contributed by atoms with E-state index in [1.807, 2.05) is 24.3 Å². The van der Waals surface area contributed by atoms with Gasteiger partial charge in [-0.05, 0) is 41.7 Å². The van der Waals surface area contributed by atoms with Crippen LogP contribution in [-0.4, -0.2) is 69.6 Å². The van der Waals surface area contributed by atoms with Gasteiger partial charge in [0.15, 0.2) is 17.5 Å². The van der Waals surface area contributed by atoms with Crippen LogP contribution in [0.2, 0.25) is 0 Å². The molecule has 1 amide bonds. The third kappa shape index (κ3) is 5.90. The predicted molar refractivity (Wildman–Crippen MR) is 123 cm³/mol. The maximum absolute atomic E-state index is 12.1. The molecule has 0 spiro atoms. The summed E-state index contributed by atoms with van der Waals surface area (Å²) in [5.41, 5.74) is 3.70. The molecule has 31 heavy (non-hydrogen) atoms. The van der Waals surface area contributed by atoms with Gasteiger partial charge in [0.1, 0.15) is 6.54 Å². The molecule has 3 rings (SSSR count). The summed E-state index contributed by atoms with van der Waals surface area (Å²) in [4.78, 5) is 20.5. The van der Waals surface area contributed by atoms with Gasteiger partial charge in [0.2, 0.25) is 5.91 Å². The van der Waals surface area contributed by atoms with E-state index in [-0.39, 0.29) is 12.5 Å². The summed E-state index contributed by atoms with van der Waals surface area (Å²) in [6.45, 7) is 2.38. The van der Waals surface area contributed by atoms with Crippen LogP contribution < -0.4 is 14.8 Å². The number of hydrogen-bond acceptors (Lipinski definition) is 4. The van der Waals surface area contributed by atoms with Crippen LogP contribution in [0.4, 0.5) is 0 Å². The molecule has 7 heteroatoms. The molecule has 0 atom stereocenters. The van der Waals surface area contributed by atoms with Crippen LogP contribution in [0.5, 0.6) is 11.5 Å². The molecule has 0 fully saturated rings. The largest absolute Gasteiger partial charge is 0.493 e. The van der Waals surface area contributed by atoms with E-state index in [1.54, 1.807) is 33.2 Å². The molecule has 0 bridgehead atoms. The Morgan fingerprint density at radius 3 is 2.42 bits per heavy atom. The minimum Gasteiger partial charge on any atom is -0.493 e. The first kappa shape index (κ1) is 22.5. The predicted octanol–water partition coefficient (Wildman–Crippen LogP) is 2.34. The topological polar surface area (TPSA) is 66.4 Å². The van der Waals surface area contributed by atoms with E-state index >= 15 is 0 Å². The number of benzene rings is 2. The van der Waals surface area contributed by atoms with Crippen LogP contribution in [0.1, 0.15) is 16.7 Å². The normalized spacial score (nSPS) is 13.4. The van der Waals surface area contributed by atoms with Crippen molar-refractivity contribution < 1.29 is 14.3 Å². The van der Waals surface area contributed by atoms with Crippen LogP contribution >= 0.6 is 0 Å². The molecule has 7 nitrogen and oxygen atoms in total. The summed E-state index contributed by atoms with van der Waals surface area (Å²) in [5.74, 6) is 2.21. The number of guanidine groups is 1. The van der Waals surface area contributed by atoms with Crippen molar-refractivity contribution in [1.29, 1.82) is 0 Å². The Hall–Kier alpha value is -3.22. The standard InChI is InChI=1S/C24H32N4O3/c1-27(2)23(29)16-26-24(25-12-10-18-8-6-5-7-9-18)28-13-11-19-14-21(30-3)22(31-4)15-20(19)17-28/h5-9,14-15H,10-13,16-17H2,1-4H3,(H,25,26). The zero-order chi connectivity index (χ0) is 22.2. The second kappa shape index (κ2) is 10.7. The van der Waals surface area contributed by atoms with E-state index in [1.165, 1.54) is 16.7 Å². The van der Waals surface area contributed by atoms with E-state index in [2.05, 4.69) is 33.4 Å². The molecule has 2 aromatic rings. The van der Waals surface area contributed by atoms with Gasteiger partial charge in [0.25, 0.3) is 0 Å². The summed E-state index contributed by atoms with van der Waals surface area (Å²) < 4.78 is 10.9. The second-order valence-electron chi connectivity index (χ2n) is 7.74. The van der Waals surface area contributed by atoms with Gasteiger partial charge in [-0.25, -0.2) is 4.99 Å². The molecule has 1 aliphatic rings. The Morgan fingerprint density at radius 2 is 1.77 bits per heavy atom. The van der Waals surface area contributed by atoms with Crippen LogP contribution in [-0.2, 0) is 24.2 Å². The zero-order valence-corrected chi connectivity index (χ0v) is 18.9. The van der Waals surface area contributed by atoms with Gasteiger partial charge in [0, 0.05) is 33.7 Å². The number of hydrogen-bond donors (Lipinski definition) is 1. The molecule has 1 heterocycles. The molecule has 0 radical (unpaired) electrons. The Labute approximate surface area is 184 Å². The lowest BCUT2D eigenvalue weighted by atomic mass is 9.99. The van der Waals surface area contributed by atoms with Crippen molar-refractivity contribution in [2.24, 2.45) is 4.99 Å². The summed E-state index contributed by atoms with van der Waals surface area (Å²) in [5, 5.41) is 3.46. The van der Waals surface area contributed by atoms with Gasteiger partial charge in [-0.15, -0.1) is 0 Å². The highest BCUT2D eigenvalue weighted by atomic mass is 16.5. The maximum atomic E-state index is 12.1. The molecular formula is C24H32N4O3. The number of nitrogens with zero attached hydrogens (tertiary/aromatic N) is 3. The maximum Gasteiger partial charge on any atom is 0.243 e. The first-order chi connectivity index (χ1) is 15.0. The fourth-order valence-electron chi connectivity index (χ4n) is 3.58. The third-order valence-electron chi connectivity index (χ3n) is 5.42. The zero-order valence-electron chi connectivity index (χ0n) is 18.9. The number of rotatable bonds is 7. The summed E-state index contributed by atoms with van der Waals surface area (Å²) in [6, 6.07) is 14.4. The summed E-state index contributed by atoms with van der Waals surface area (Å²) >= 11 is 0. The van der Waals surface area contributed by atoms with Crippen molar-refractivity contribution >= 4 is 11.9 Å². The van der Waals surface area contributed by atoms with E-state index in [0.717, 1.165) is 43.4 Å². The smallest absolute Gasteiger partial charge is 0.243 e. The van der Waals surface area contributed by atoms with E-state index < -0.39 is 0 Å². The van der Waals surface area contributed by atoms with Crippen LogP contribution in [0.25, 0.3) is 0 Å². The van der Waals surface area contributed by atoms with Crippen LogP contribution in [0.3, 0.4) is 0 Å². The van der Waals surface area contributed by atoms with Crippen molar-refractivity contribution in [2.75, 3.05) is 47.9 Å². The first-order valence-electron chi connectivity index (χ1n) is 10.5. The number of ether oxygens (including phenoxy) is 2. The van der Waals surface area contributed by atoms with Gasteiger partial charge < -0.3 is 24.6 Å². The number of methoxy groups -OCH3 is 2. The lowest BCUT2D eigenvalue weighted by Crippen LogP contribution is -2.45. The lowest BCUT2D eigenvalue weighted by molar-refractivity contribution is -0.127. The monoisotopic (exact) mass is 424 g/mol. The Balaban J connectivity index is 1.75. The van der Waals surface area contributed by atoms with Crippen LogP contribution in [0.15, 0.2) is 47.5 Å². The molecule has 2 aromatic carbocycles. The van der Waals surface area contributed by atoms with E-state index in [4.69, 9.17) is 9.47 Å². The van der Waals surface area contributed by atoms with Crippen molar-refractivity contribution in [3.05, 3.63) is 59.2 Å². The van der Waals surface area contributed by atoms with Crippen molar-refractivity contribution in [3.8, 4) is 11.5 Å². The Bertz CT molecular complexity index is 913. The van der Waals surface area contributed by atoms with E-state index in [9.17, 15) is 4.79 Å². The first-order valence-corrected chi connectivity index (χ1v) is 10.5.